The molecule has 1 fully saturated rings. The molecule has 0 bridgehead atoms. The van der Waals surface area contributed by atoms with Crippen LogP contribution in [0.4, 0.5) is 0 Å². The Bertz CT molecular complexity index is 382. The maximum Gasteiger partial charge on any atom is 0.118 e. The summed E-state index contributed by atoms with van der Waals surface area (Å²) in [5.41, 5.74) is 1.27. The first-order valence-electron chi connectivity index (χ1n) is 8.16. The lowest BCUT2D eigenvalue weighted by Crippen LogP contribution is -2.26. The van der Waals surface area contributed by atoms with Crippen LogP contribution >= 0.6 is 0 Å². The highest BCUT2D eigenvalue weighted by atomic mass is 16.3. The number of rotatable bonds is 10. The molecule has 1 heterocycles. The quantitative estimate of drug-likeness (QED) is 0.708. The molecule has 0 radical (unpaired) electrons. The molecular formula is C17H30N2O. The second-order valence-corrected chi connectivity index (χ2v) is 6.62. The zero-order chi connectivity index (χ0) is 14.4. The third-order valence-electron chi connectivity index (χ3n) is 3.72. The van der Waals surface area contributed by atoms with Crippen LogP contribution in [0, 0.1) is 11.8 Å². The average molecular weight is 278 g/mol. The molecule has 3 heteroatoms. The van der Waals surface area contributed by atoms with Gasteiger partial charge in [0, 0.05) is 18.7 Å². The molecule has 1 N–H and O–H groups in total. The largest absolute Gasteiger partial charge is 0.468 e. The Balaban J connectivity index is 1.77. The molecule has 114 valence electrons. The fraction of sp³-hybridized carbons (Fsp3) is 0.765. The van der Waals surface area contributed by atoms with Gasteiger partial charge < -0.3 is 9.73 Å². The first kappa shape index (κ1) is 15.6. The second-order valence-electron chi connectivity index (χ2n) is 6.62. The van der Waals surface area contributed by atoms with Gasteiger partial charge in [-0.05, 0) is 50.3 Å². The number of hydrogen-bond acceptors (Lipinski definition) is 3. The Hall–Kier alpha value is -0.800. The number of furan rings is 1. The van der Waals surface area contributed by atoms with Gasteiger partial charge in [-0.25, -0.2) is 0 Å². The lowest BCUT2D eigenvalue weighted by atomic mass is 10.2. The van der Waals surface area contributed by atoms with Crippen molar-refractivity contribution in [1.82, 2.24) is 10.2 Å². The Morgan fingerprint density at radius 2 is 2.20 bits per heavy atom. The molecule has 2 rings (SSSR count). The van der Waals surface area contributed by atoms with Gasteiger partial charge in [0.2, 0.25) is 0 Å². The van der Waals surface area contributed by atoms with Gasteiger partial charge in [-0.3, -0.25) is 4.90 Å². The van der Waals surface area contributed by atoms with Crippen LogP contribution in [0.3, 0.4) is 0 Å². The Morgan fingerprint density at radius 3 is 2.85 bits per heavy atom. The summed E-state index contributed by atoms with van der Waals surface area (Å²) in [5.74, 6) is 2.75. The molecule has 20 heavy (non-hydrogen) atoms. The van der Waals surface area contributed by atoms with E-state index in [1.807, 2.05) is 6.26 Å². The lowest BCUT2D eigenvalue weighted by Gasteiger charge is -2.19. The van der Waals surface area contributed by atoms with Crippen molar-refractivity contribution in [3.63, 3.8) is 0 Å². The Labute approximate surface area is 123 Å². The van der Waals surface area contributed by atoms with E-state index in [0.717, 1.165) is 31.3 Å². The van der Waals surface area contributed by atoms with Crippen molar-refractivity contribution in [2.24, 2.45) is 11.8 Å². The van der Waals surface area contributed by atoms with Crippen LogP contribution in [-0.2, 0) is 13.1 Å². The minimum absolute atomic E-state index is 0.694. The first-order valence-corrected chi connectivity index (χ1v) is 8.16. The topological polar surface area (TPSA) is 28.4 Å². The zero-order valence-electron chi connectivity index (χ0n) is 13.3. The maximum atomic E-state index is 5.72. The van der Waals surface area contributed by atoms with Gasteiger partial charge in [-0.15, -0.1) is 0 Å². The van der Waals surface area contributed by atoms with Crippen LogP contribution in [0.5, 0.6) is 0 Å². The highest BCUT2D eigenvalue weighted by Crippen LogP contribution is 2.30. The van der Waals surface area contributed by atoms with E-state index in [2.05, 4.69) is 37.1 Å². The van der Waals surface area contributed by atoms with E-state index in [1.54, 1.807) is 0 Å². The molecular weight excluding hydrogens is 248 g/mol. The number of nitrogens with zero attached hydrogens (tertiary/aromatic N) is 1. The van der Waals surface area contributed by atoms with Crippen LogP contribution < -0.4 is 5.32 Å². The van der Waals surface area contributed by atoms with Crippen LogP contribution in [0.2, 0.25) is 0 Å². The van der Waals surface area contributed by atoms with E-state index in [1.165, 1.54) is 37.9 Å². The fourth-order valence-electron chi connectivity index (χ4n) is 2.54. The van der Waals surface area contributed by atoms with Crippen molar-refractivity contribution in [3.05, 3.63) is 23.7 Å². The third kappa shape index (κ3) is 5.68. The fourth-order valence-corrected chi connectivity index (χ4v) is 2.54. The van der Waals surface area contributed by atoms with Crippen molar-refractivity contribution >= 4 is 0 Å². The molecule has 1 aromatic heterocycles. The molecule has 0 aromatic carbocycles. The highest BCUT2D eigenvalue weighted by Gasteiger charge is 2.24. The average Bonchev–Trinajstić information content (AvgIpc) is 3.09. The van der Waals surface area contributed by atoms with E-state index < -0.39 is 0 Å². The number of nitrogens with one attached hydrogen (secondary N) is 1. The van der Waals surface area contributed by atoms with E-state index >= 15 is 0 Å². The van der Waals surface area contributed by atoms with Gasteiger partial charge in [-0.1, -0.05) is 20.8 Å². The van der Waals surface area contributed by atoms with Gasteiger partial charge in [0.25, 0.3) is 0 Å². The number of hydrogen-bond donors (Lipinski definition) is 1. The summed E-state index contributed by atoms with van der Waals surface area (Å²) in [6, 6.07) is 2.21. The monoisotopic (exact) mass is 278 g/mol. The normalized spacial score (nSPS) is 15.4. The summed E-state index contributed by atoms with van der Waals surface area (Å²) in [6.45, 7) is 12.1. The third-order valence-corrected chi connectivity index (χ3v) is 3.72. The highest BCUT2D eigenvalue weighted by molar-refractivity contribution is 5.12. The van der Waals surface area contributed by atoms with E-state index in [0.29, 0.717) is 5.92 Å². The summed E-state index contributed by atoms with van der Waals surface area (Å²) >= 11 is 0. The van der Waals surface area contributed by atoms with Crippen molar-refractivity contribution in [2.75, 3.05) is 19.6 Å². The molecule has 1 saturated carbocycles. The molecule has 0 spiro atoms. The molecule has 3 nitrogen and oxygen atoms in total. The van der Waals surface area contributed by atoms with Crippen LogP contribution in [0.1, 0.15) is 51.4 Å². The minimum atomic E-state index is 0.694. The molecule has 0 aliphatic heterocycles. The SMILES string of the molecule is CCCN(Cc1cc(CNCC(C)C)co1)CC1CC1. The summed E-state index contributed by atoms with van der Waals surface area (Å²) in [7, 11) is 0. The zero-order valence-corrected chi connectivity index (χ0v) is 13.3. The van der Waals surface area contributed by atoms with Gasteiger partial charge >= 0.3 is 0 Å². The smallest absolute Gasteiger partial charge is 0.118 e. The predicted octanol–water partition coefficient (Wildman–Crippen LogP) is 3.65. The van der Waals surface area contributed by atoms with Gasteiger partial charge in [0.1, 0.15) is 5.76 Å². The van der Waals surface area contributed by atoms with Crippen LogP contribution in [0.25, 0.3) is 0 Å². The standard InChI is InChI=1S/C17H30N2O/c1-4-7-19(11-15-5-6-15)12-17-8-16(13-20-17)10-18-9-14(2)3/h8,13-15,18H,4-7,9-12H2,1-3H3. The molecule has 0 unspecified atom stereocenters. The van der Waals surface area contributed by atoms with Crippen molar-refractivity contribution < 1.29 is 4.42 Å². The van der Waals surface area contributed by atoms with Gasteiger partial charge in [-0.2, -0.15) is 0 Å². The Kier molecular flexibility index (Phi) is 6.11. The van der Waals surface area contributed by atoms with Gasteiger partial charge in [0.15, 0.2) is 0 Å². The molecule has 0 atom stereocenters. The predicted molar refractivity (Wildman–Crippen MR) is 83.5 cm³/mol. The van der Waals surface area contributed by atoms with E-state index in [4.69, 9.17) is 4.42 Å². The van der Waals surface area contributed by atoms with Crippen LogP contribution in [-0.4, -0.2) is 24.5 Å². The summed E-state index contributed by atoms with van der Waals surface area (Å²) in [6.07, 6.45) is 5.96. The van der Waals surface area contributed by atoms with Crippen molar-refractivity contribution in [1.29, 1.82) is 0 Å². The van der Waals surface area contributed by atoms with E-state index in [9.17, 15) is 0 Å². The minimum Gasteiger partial charge on any atom is -0.468 e. The van der Waals surface area contributed by atoms with Crippen molar-refractivity contribution in [2.45, 2.75) is 53.1 Å². The molecule has 1 aromatic rings. The summed E-state index contributed by atoms with van der Waals surface area (Å²) in [5, 5.41) is 3.46. The van der Waals surface area contributed by atoms with Gasteiger partial charge in [0.05, 0.1) is 12.8 Å². The van der Waals surface area contributed by atoms with Crippen molar-refractivity contribution in [3.8, 4) is 0 Å². The molecule has 1 aliphatic rings. The van der Waals surface area contributed by atoms with E-state index in [-0.39, 0.29) is 0 Å². The molecule has 1 aliphatic carbocycles. The molecule has 0 saturated heterocycles. The summed E-state index contributed by atoms with van der Waals surface area (Å²) < 4.78 is 5.72. The first-order chi connectivity index (χ1) is 9.67. The Morgan fingerprint density at radius 1 is 1.40 bits per heavy atom. The summed E-state index contributed by atoms with van der Waals surface area (Å²) in [4.78, 5) is 2.54. The maximum absolute atomic E-state index is 5.72. The molecule has 0 amide bonds. The van der Waals surface area contributed by atoms with Crippen LogP contribution in [0.15, 0.2) is 16.7 Å². The lowest BCUT2D eigenvalue weighted by molar-refractivity contribution is 0.235. The second kappa shape index (κ2) is 7.84.